The first kappa shape index (κ1) is 15.5. The maximum Gasteiger partial charge on any atom is 0.157 e. The van der Waals surface area contributed by atoms with Gasteiger partial charge in [0.05, 0.1) is 5.69 Å². The van der Waals surface area contributed by atoms with Gasteiger partial charge < -0.3 is 5.32 Å². The summed E-state index contributed by atoms with van der Waals surface area (Å²) in [5.41, 5.74) is 4.31. The van der Waals surface area contributed by atoms with Crippen molar-refractivity contribution < 1.29 is 0 Å². The van der Waals surface area contributed by atoms with E-state index in [1.165, 1.54) is 5.56 Å². The molecule has 1 aromatic carbocycles. The second-order valence-corrected chi connectivity index (χ2v) is 6.99. The smallest absolute Gasteiger partial charge is 0.157 e. The molecule has 1 N–H and O–H groups in total. The highest BCUT2D eigenvalue weighted by atomic mass is 15.3. The van der Waals surface area contributed by atoms with Crippen molar-refractivity contribution in [1.82, 2.24) is 14.6 Å². The van der Waals surface area contributed by atoms with Gasteiger partial charge in [-0.3, -0.25) is 0 Å². The maximum atomic E-state index is 4.74. The van der Waals surface area contributed by atoms with Gasteiger partial charge in [0, 0.05) is 29.8 Å². The molecule has 0 spiro atoms. The Bertz CT molecular complexity index is 797. The highest BCUT2D eigenvalue weighted by Crippen LogP contribution is 2.23. The average Bonchev–Trinajstić information content (AvgIpc) is 2.92. The molecular formula is C19H24N4. The Hall–Kier alpha value is -2.36. The summed E-state index contributed by atoms with van der Waals surface area (Å²) in [6.45, 7) is 9.40. The van der Waals surface area contributed by atoms with E-state index in [4.69, 9.17) is 5.10 Å². The number of hydrogen-bond acceptors (Lipinski definition) is 3. The van der Waals surface area contributed by atoms with Gasteiger partial charge in [-0.1, -0.05) is 51.1 Å². The lowest BCUT2D eigenvalue weighted by atomic mass is 9.93. The molecule has 0 bridgehead atoms. The minimum atomic E-state index is 0.0168. The lowest BCUT2D eigenvalue weighted by Crippen LogP contribution is -2.13. The van der Waals surface area contributed by atoms with Gasteiger partial charge in [0.15, 0.2) is 5.65 Å². The number of benzene rings is 1. The van der Waals surface area contributed by atoms with E-state index < -0.39 is 0 Å². The third kappa shape index (κ3) is 3.52. The highest BCUT2D eigenvalue weighted by Gasteiger charge is 2.19. The SMILES string of the molecule is Cc1cc(NCCc2ccccc2)n2nc(C(C)(C)C)cc2n1. The molecule has 0 fully saturated rings. The van der Waals surface area contributed by atoms with Crippen LogP contribution < -0.4 is 5.32 Å². The van der Waals surface area contributed by atoms with Crippen LogP contribution in [0.5, 0.6) is 0 Å². The van der Waals surface area contributed by atoms with Crippen LogP contribution in [0.15, 0.2) is 42.5 Å². The van der Waals surface area contributed by atoms with Crippen LogP contribution in [-0.2, 0) is 11.8 Å². The third-order valence-electron chi connectivity index (χ3n) is 3.89. The predicted molar refractivity (Wildman–Crippen MR) is 95.1 cm³/mol. The molecule has 3 rings (SSSR count). The zero-order chi connectivity index (χ0) is 16.4. The number of anilines is 1. The number of nitrogens with one attached hydrogen (secondary N) is 1. The summed E-state index contributed by atoms with van der Waals surface area (Å²) in [4.78, 5) is 4.60. The van der Waals surface area contributed by atoms with Gasteiger partial charge >= 0.3 is 0 Å². The van der Waals surface area contributed by atoms with Crippen LogP contribution in [-0.4, -0.2) is 21.1 Å². The molecule has 0 saturated carbocycles. The number of nitrogens with zero attached hydrogens (tertiary/aromatic N) is 3. The van der Waals surface area contributed by atoms with E-state index in [0.717, 1.165) is 35.8 Å². The molecule has 2 aromatic heterocycles. The van der Waals surface area contributed by atoms with Gasteiger partial charge in [-0.15, -0.1) is 0 Å². The van der Waals surface area contributed by atoms with Crippen molar-refractivity contribution in [3.8, 4) is 0 Å². The van der Waals surface area contributed by atoms with Crippen LogP contribution in [0.2, 0.25) is 0 Å². The normalized spacial score (nSPS) is 11.8. The first-order valence-corrected chi connectivity index (χ1v) is 8.09. The second kappa shape index (κ2) is 6.03. The zero-order valence-electron chi connectivity index (χ0n) is 14.3. The van der Waals surface area contributed by atoms with Crippen molar-refractivity contribution in [3.05, 3.63) is 59.4 Å². The number of aryl methyl sites for hydroxylation is 1. The Morgan fingerprint density at radius 2 is 1.83 bits per heavy atom. The van der Waals surface area contributed by atoms with E-state index in [2.05, 4.69) is 67.5 Å². The van der Waals surface area contributed by atoms with Crippen LogP contribution in [0.25, 0.3) is 5.65 Å². The predicted octanol–water partition coefficient (Wildman–Crippen LogP) is 3.99. The maximum absolute atomic E-state index is 4.74. The van der Waals surface area contributed by atoms with Gasteiger partial charge in [0.25, 0.3) is 0 Å². The summed E-state index contributed by atoms with van der Waals surface area (Å²) < 4.78 is 1.92. The van der Waals surface area contributed by atoms with Crippen molar-refractivity contribution in [2.75, 3.05) is 11.9 Å². The zero-order valence-corrected chi connectivity index (χ0v) is 14.3. The molecule has 3 aromatic rings. The first-order valence-electron chi connectivity index (χ1n) is 8.09. The molecule has 0 amide bonds. The number of hydrogen-bond donors (Lipinski definition) is 1. The molecule has 120 valence electrons. The Balaban J connectivity index is 1.83. The van der Waals surface area contributed by atoms with Crippen molar-refractivity contribution in [2.24, 2.45) is 0 Å². The van der Waals surface area contributed by atoms with E-state index in [1.807, 2.05) is 17.5 Å². The summed E-state index contributed by atoms with van der Waals surface area (Å²) in [5, 5.41) is 8.24. The van der Waals surface area contributed by atoms with Gasteiger partial charge in [0.2, 0.25) is 0 Å². The summed E-state index contributed by atoms with van der Waals surface area (Å²) >= 11 is 0. The molecule has 0 atom stereocenters. The molecular weight excluding hydrogens is 284 g/mol. The fraction of sp³-hybridized carbons (Fsp3) is 0.368. The third-order valence-corrected chi connectivity index (χ3v) is 3.89. The quantitative estimate of drug-likeness (QED) is 0.792. The van der Waals surface area contributed by atoms with Gasteiger partial charge in [-0.05, 0) is 18.9 Å². The molecule has 23 heavy (non-hydrogen) atoms. The second-order valence-electron chi connectivity index (χ2n) is 6.99. The van der Waals surface area contributed by atoms with Crippen LogP contribution in [0, 0.1) is 6.92 Å². The Kier molecular flexibility index (Phi) is 4.07. The molecule has 0 radical (unpaired) electrons. The standard InChI is InChI=1S/C19H24N4/c1-14-12-17(20-11-10-15-8-6-5-7-9-15)23-18(21-14)13-16(22-23)19(2,3)4/h5-9,12-13,20H,10-11H2,1-4H3. The molecule has 0 unspecified atom stereocenters. The number of rotatable bonds is 4. The molecule has 0 saturated heterocycles. The summed E-state index contributed by atoms with van der Waals surface area (Å²) in [6.07, 6.45) is 0.983. The Labute approximate surface area is 137 Å². The molecule has 4 heteroatoms. The Morgan fingerprint density at radius 1 is 1.09 bits per heavy atom. The van der Waals surface area contributed by atoms with Gasteiger partial charge in [-0.25, -0.2) is 4.98 Å². The molecule has 4 nitrogen and oxygen atoms in total. The Morgan fingerprint density at radius 3 is 2.52 bits per heavy atom. The fourth-order valence-electron chi connectivity index (χ4n) is 2.57. The molecule has 0 aliphatic carbocycles. The number of aromatic nitrogens is 3. The minimum absolute atomic E-state index is 0.0168. The largest absolute Gasteiger partial charge is 0.370 e. The molecule has 0 aliphatic heterocycles. The van der Waals surface area contributed by atoms with E-state index in [-0.39, 0.29) is 5.41 Å². The molecule has 0 aliphatic rings. The minimum Gasteiger partial charge on any atom is -0.370 e. The van der Waals surface area contributed by atoms with E-state index in [0.29, 0.717) is 0 Å². The lowest BCUT2D eigenvalue weighted by Gasteiger charge is -2.14. The summed E-state index contributed by atoms with van der Waals surface area (Å²) in [6, 6.07) is 14.6. The molecule has 2 heterocycles. The first-order chi connectivity index (χ1) is 10.9. The van der Waals surface area contributed by atoms with E-state index in [1.54, 1.807) is 0 Å². The summed E-state index contributed by atoms with van der Waals surface area (Å²) in [7, 11) is 0. The van der Waals surface area contributed by atoms with Crippen molar-refractivity contribution >= 4 is 11.5 Å². The highest BCUT2D eigenvalue weighted by molar-refractivity contribution is 5.51. The average molecular weight is 308 g/mol. The fourth-order valence-corrected chi connectivity index (χ4v) is 2.57. The van der Waals surface area contributed by atoms with Gasteiger partial charge in [0.1, 0.15) is 5.82 Å². The van der Waals surface area contributed by atoms with Crippen molar-refractivity contribution in [1.29, 1.82) is 0 Å². The van der Waals surface area contributed by atoms with Crippen LogP contribution in [0.4, 0.5) is 5.82 Å². The van der Waals surface area contributed by atoms with Crippen molar-refractivity contribution in [3.63, 3.8) is 0 Å². The van der Waals surface area contributed by atoms with E-state index >= 15 is 0 Å². The topological polar surface area (TPSA) is 42.2 Å². The van der Waals surface area contributed by atoms with Crippen molar-refractivity contribution in [2.45, 2.75) is 39.5 Å². The monoisotopic (exact) mass is 308 g/mol. The van der Waals surface area contributed by atoms with E-state index in [9.17, 15) is 0 Å². The van der Waals surface area contributed by atoms with Crippen LogP contribution in [0.1, 0.15) is 37.7 Å². The van der Waals surface area contributed by atoms with Gasteiger partial charge in [-0.2, -0.15) is 9.61 Å². The lowest BCUT2D eigenvalue weighted by molar-refractivity contribution is 0.563. The van der Waals surface area contributed by atoms with Crippen LogP contribution >= 0.6 is 0 Å². The van der Waals surface area contributed by atoms with Crippen LogP contribution in [0.3, 0.4) is 0 Å². The number of fused-ring (bicyclic) bond motifs is 1. The summed E-state index contributed by atoms with van der Waals surface area (Å²) in [5.74, 6) is 0.999.